The molecular formula is C11H16N4O2. The van der Waals surface area contributed by atoms with E-state index in [0.29, 0.717) is 11.6 Å². The van der Waals surface area contributed by atoms with E-state index in [-0.39, 0.29) is 5.69 Å². The van der Waals surface area contributed by atoms with E-state index in [1.54, 1.807) is 13.0 Å². The van der Waals surface area contributed by atoms with Gasteiger partial charge in [0.05, 0.1) is 4.92 Å². The third-order valence-electron chi connectivity index (χ3n) is 3.19. The van der Waals surface area contributed by atoms with Gasteiger partial charge in [-0.2, -0.15) is 0 Å². The minimum absolute atomic E-state index is 0.0816. The predicted molar refractivity (Wildman–Crippen MR) is 65.3 cm³/mol. The number of rotatable bonds is 3. The second-order valence-electron chi connectivity index (χ2n) is 4.31. The number of pyridine rings is 1. The summed E-state index contributed by atoms with van der Waals surface area (Å²) < 4.78 is 0. The Morgan fingerprint density at radius 1 is 1.65 bits per heavy atom. The molecule has 0 radical (unpaired) electrons. The van der Waals surface area contributed by atoms with Crippen LogP contribution in [0.5, 0.6) is 0 Å². The van der Waals surface area contributed by atoms with E-state index in [1.807, 2.05) is 7.05 Å². The van der Waals surface area contributed by atoms with Gasteiger partial charge in [0.2, 0.25) is 0 Å². The van der Waals surface area contributed by atoms with Gasteiger partial charge in [0.25, 0.3) is 5.69 Å². The summed E-state index contributed by atoms with van der Waals surface area (Å²) in [6.07, 6.45) is 2.42. The fourth-order valence-electron chi connectivity index (χ4n) is 2.10. The SMILES string of the molecule is CNC1CCN(c2cc(C)c([N+](=O)[O-])cn2)C1. The molecule has 2 rings (SSSR count). The van der Waals surface area contributed by atoms with Gasteiger partial charge in [0.1, 0.15) is 12.0 Å². The van der Waals surface area contributed by atoms with Crippen molar-refractivity contribution in [3.63, 3.8) is 0 Å². The number of nitrogens with one attached hydrogen (secondary N) is 1. The quantitative estimate of drug-likeness (QED) is 0.628. The van der Waals surface area contributed by atoms with Crippen molar-refractivity contribution in [1.82, 2.24) is 10.3 Å². The monoisotopic (exact) mass is 236 g/mol. The highest BCUT2D eigenvalue weighted by molar-refractivity contribution is 5.49. The largest absolute Gasteiger partial charge is 0.355 e. The third-order valence-corrected chi connectivity index (χ3v) is 3.19. The Bertz CT molecular complexity index is 435. The predicted octanol–water partition coefficient (Wildman–Crippen LogP) is 1.10. The van der Waals surface area contributed by atoms with Crippen LogP contribution in [-0.2, 0) is 0 Å². The van der Waals surface area contributed by atoms with Gasteiger partial charge in [-0.25, -0.2) is 4.98 Å². The lowest BCUT2D eigenvalue weighted by atomic mass is 10.2. The highest BCUT2D eigenvalue weighted by Gasteiger charge is 2.23. The van der Waals surface area contributed by atoms with E-state index < -0.39 is 4.92 Å². The van der Waals surface area contributed by atoms with Crippen molar-refractivity contribution >= 4 is 11.5 Å². The molecule has 0 saturated carbocycles. The van der Waals surface area contributed by atoms with Gasteiger partial charge in [-0.3, -0.25) is 10.1 Å². The molecule has 0 aliphatic carbocycles. The van der Waals surface area contributed by atoms with Gasteiger partial charge in [-0.1, -0.05) is 0 Å². The molecule has 2 heterocycles. The molecule has 1 aliphatic heterocycles. The van der Waals surface area contributed by atoms with Crippen LogP contribution >= 0.6 is 0 Å². The first-order valence-corrected chi connectivity index (χ1v) is 5.65. The Morgan fingerprint density at radius 3 is 2.94 bits per heavy atom. The van der Waals surface area contributed by atoms with Crippen molar-refractivity contribution in [3.8, 4) is 0 Å². The molecule has 1 saturated heterocycles. The normalized spacial score (nSPS) is 19.6. The number of anilines is 1. The van der Waals surface area contributed by atoms with E-state index in [9.17, 15) is 10.1 Å². The fraction of sp³-hybridized carbons (Fsp3) is 0.545. The molecule has 6 heteroatoms. The molecule has 0 spiro atoms. The Balaban J connectivity index is 2.18. The van der Waals surface area contributed by atoms with Gasteiger partial charge < -0.3 is 10.2 Å². The Labute approximate surface area is 99.8 Å². The first-order chi connectivity index (χ1) is 8.11. The third kappa shape index (κ3) is 2.36. The summed E-state index contributed by atoms with van der Waals surface area (Å²) in [6.45, 7) is 3.59. The van der Waals surface area contributed by atoms with Crippen LogP contribution in [-0.4, -0.2) is 36.1 Å². The van der Waals surface area contributed by atoms with Crippen LogP contribution in [0.25, 0.3) is 0 Å². The molecule has 1 aromatic rings. The van der Waals surface area contributed by atoms with E-state index in [4.69, 9.17) is 0 Å². The lowest BCUT2D eigenvalue weighted by molar-refractivity contribution is -0.385. The summed E-state index contributed by atoms with van der Waals surface area (Å²) in [7, 11) is 1.95. The maximum absolute atomic E-state index is 10.7. The standard InChI is InChI=1S/C11H16N4O2/c1-8-5-11(13-6-10(8)15(16)17)14-4-3-9(7-14)12-2/h5-6,9,12H,3-4,7H2,1-2H3. The number of nitrogens with zero attached hydrogens (tertiary/aromatic N) is 3. The molecule has 0 aromatic carbocycles. The minimum Gasteiger partial charge on any atom is -0.355 e. The zero-order chi connectivity index (χ0) is 12.4. The van der Waals surface area contributed by atoms with Crippen LogP contribution in [0.4, 0.5) is 11.5 Å². The lowest BCUT2D eigenvalue weighted by Gasteiger charge is -2.17. The van der Waals surface area contributed by atoms with Gasteiger partial charge in [0.15, 0.2) is 0 Å². The smallest absolute Gasteiger partial charge is 0.290 e. The molecule has 0 amide bonds. The van der Waals surface area contributed by atoms with Gasteiger partial charge >= 0.3 is 0 Å². The molecule has 6 nitrogen and oxygen atoms in total. The molecule has 17 heavy (non-hydrogen) atoms. The fourth-order valence-corrected chi connectivity index (χ4v) is 2.10. The second kappa shape index (κ2) is 4.67. The Kier molecular flexibility index (Phi) is 3.23. The van der Waals surface area contributed by atoms with Gasteiger partial charge in [-0.05, 0) is 26.5 Å². The first-order valence-electron chi connectivity index (χ1n) is 5.65. The minimum atomic E-state index is -0.396. The van der Waals surface area contributed by atoms with Gasteiger partial charge in [0, 0.05) is 24.7 Å². The van der Waals surface area contributed by atoms with Crippen LogP contribution in [0, 0.1) is 17.0 Å². The second-order valence-corrected chi connectivity index (χ2v) is 4.31. The zero-order valence-electron chi connectivity index (χ0n) is 10.0. The van der Waals surface area contributed by atoms with E-state index >= 15 is 0 Å². The van der Waals surface area contributed by atoms with Crippen molar-refractivity contribution in [2.45, 2.75) is 19.4 Å². The molecule has 1 fully saturated rings. The highest BCUT2D eigenvalue weighted by Crippen LogP contribution is 2.23. The van der Waals surface area contributed by atoms with Crippen molar-refractivity contribution in [2.75, 3.05) is 25.0 Å². The van der Waals surface area contributed by atoms with E-state index in [2.05, 4.69) is 15.2 Å². The molecule has 1 unspecified atom stereocenters. The van der Waals surface area contributed by atoms with E-state index in [0.717, 1.165) is 25.3 Å². The first kappa shape index (κ1) is 11.8. The average Bonchev–Trinajstić information content (AvgIpc) is 2.76. The number of aromatic nitrogens is 1. The summed E-state index contributed by atoms with van der Waals surface area (Å²) in [5, 5.41) is 13.9. The van der Waals surface area contributed by atoms with Crippen molar-refractivity contribution in [3.05, 3.63) is 27.9 Å². The Morgan fingerprint density at radius 2 is 2.41 bits per heavy atom. The molecule has 1 atom stereocenters. The molecule has 1 N–H and O–H groups in total. The summed E-state index contributed by atoms with van der Waals surface area (Å²) in [4.78, 5) is 16.6. The molecular weight excluding hydrogens is 220 g/mol. The van der Waals surface area contributed by atoms with Crippen LogP contribution in [0.2, 0.25) is 0 Å². The number of hydrogen-bond acceptors (Lipinski definition) is 5. The maximum Gasteiger partial charge on any atom is 0.290 e. The number of aryl methyl sites for hydroxylation is 1. The summed E-state index contributed by atoms with van der Waals surface area (Å²) in [6, 6.07) is 2.27. The Hall–Kier alpha value is -1.69. The average molecular weight is 236 g/mol. The molecule has 92 valence electrons. The van der Waals surface area contributed by atoms with Crippen molar-refractivity contribution in [1.29, 1.82) is 0 Å². The topological polar surface area (TPSA) is 71.3 Å². The summed E-state index contributed by atoms with van der Waals surface area (Å²) in [5.41, 5.74) is 0.742. The van der Waals surface area contributed by atoms with E-state index in [1.165, 1.54) is 6.20 Å². The highest BCUT2D eigenvalue weighted by atomic mass is 16.6. The van der Waals surface area contributed by atoms with Crippen LogP contribution in [0.15, 0.2) is 12.3 Å². The van der Waals surface area contributed by atoms with Crippen LogP contribution < -0.4 is 10.2 Å². The summed E-state index contributed by atoms with van der Waals surface area (Å²) in [5.74, 6) is 0.825. The van der Waals surface area contributed by atoms with Crippen molar-refractivity contribution in [2.24, 2.45) is 0 Å². The number of nitro groups is 1. The van der Waals surface area contributed by atoms with Gasteiger partial charge in [-0.15, -0.1) is 0 Å². The molecule has 1 aliphatic rings. The number of likely N-dealkylation sites (N-methyl/N-ethyl adjacent to an activating group) is 1. The van der Waals surface area contributed by atoms with Crippen LogP contribution in [0.3, 0.4) is 0 Å². The van der Waals surface area contributed by atoms with Crippen molar-refractivity contribution < 1.29 is 4.92 Å². The molecule has 0 bridgehead atoms. The number of hydrogen-bond donors (Lipinski definition) is 1. The molecule has 1 aromatic heterocycles. The zero-order valence-corrected chi connectivity index (χ0v) is 10.0. The van der Waals surface area contributed by atoms with Crippen LogP contribution in [0.1, 0.15) is 12.0 Å². The maximum atomic E-state index is 10.7. The lowest BCUT2D eigenvalue weighted by Crippen LogP contribution is -2.29. The summed E-state index contributed by atoms with van der Waals surface area (Å²) >= 11 is 0.